The third-order valence-electron chi connectivity index (χ3n) is 3.63. The lowest BCUT2D eigenvalue weighted by Gasteiger charge is -2.37. The molecule has 2 aliphatic rings. The summed E-state index contributed by atoms with van der Waals surface area (Å²) in [4.78, 5) is 0.00391. The van der Waals surface area contributed by atoms with Gasteiger partial charge in [-0.1, -0.05) is 19.1 Å². The quantitative estimate of drug-likeness (QED) is 0.744. The largest absolute Gasteiger partial charge is 0.299 e. The van der Waals surface area contributed by atoms with Crippen LogP contribution in [0.5, 0.6) is 0 Å². The van der Waals surface area contributed by atoms with Crippen LogP contribution in [0.25, 0.3) is 0 Å². The smallest absolute Gasteiger partial charge is 0.126 e. The number of halogens is 1. The molecule has 0 saturated carbocycles. The van der Waals surface area contributed by atoms with Gasteiger partial charge in [-0.25, -0.2) is 4.39 Å². The highest BCUT2D eigenvalue weighted by Gasteiger charge is 2.42. The molecule has 2 unspecified atom stereocenters. The molecule has 1 N–H and O–H groups in total. The summed E-state index contributed by atoms with van der Waals surface area (Å²) in [6, 6.07) is 5.50. The van der Waals surface area contributed by atoms with Crippen LogP contribution in [0.1, 0.15) is 24.5 Å². The lowest BCUT2D eigenvalue weighted by atomic mass is 10.1. The summed E-state index contributed by atoms with van der Waals surface area (Å²) in [5.41, 5.74) is 2.11. The number of fused-ring (bicyclic) bond motifs is 2. The van der Waals surface area contributed by atoms with Gasteiger partial charge in [0, 0.05) is 6.54 Å². The molecule has 0 radical (unpaired) electrons. The zero-order chi connectivity index (χ0) is 11.2. The zero-order valence-electron chi connectivity index (χ0n) is 9.42. The number of nitrogens with one attached hydrogen (secondary N) is 1. The van der Waals surface area contributed by atoms with Crippen LogP contribution in [0.3, 0.4) is 0 Å². The Balaban J connectivity index is 1.99. The van der Waals surface area contributed by atoms with E-state index in [4.69, 9.17) is 0 Å². The molecule has 1 spiro atoms. The average molecular weight is 237 g/mol. The highest BCUT2D eigenvalue weighted by atomic mass is 32.2. The van der Waals surface area contributed by atoms with Crippen molar-refractivity contribution < 1.29 is 4.39 Å². The van der Waals surface area contributed by atoms with E-state index in [1.54, 1.807) is 6.07 Å². The van der Waals surface area contributed by atoms with Gasteiger partial charge in [-0.05, 0) is 41.7 Å². The molecule has 1 saturated heterocycles. The summed E-state index contributed by atoms with van der Waals surface area (Å²) >= 11 is 1.95. The molecule has 86 valence electrons. The van der Waals surface area contributed by atoms with Crippen molar-refractivity contribution in [3.05, 3.63) is 35.1 Å². The fourth-order valence-electron chi connectivity index (χ4n) is 2.69. The number of benzene rings is 1. The second-order valence-corrected chi connectivity index (χ2v) is 6.21. The number of hydrogen-bond donors (Lipinski definition) is 1. The zero-order valence-corrected chi connectivity index (χ0v) is 10.2. The van der Waals surface area contributed by atoms with E-state index in [1.807, 2.05) is 17.8 Å². The van der Waals surface area contributed by atoms with Crippen LogP contribution in [0.4, 0.5) is 4.39 Å². The Morgan fingerprint density at radius 2 is 2.38 bits per heavy atom. The van der Waals surface area contributed by atoms with Crippen molar-refractivity contribution in [1.29, 1.82) is 0 Å². The minimum atomic E-state index is -0.0320. The Bertz CT molecular complexity index is 410. The van der Waals surface area contributed by atoms with Gasteiger partial charge in [-0.3, -0.25) is 5.32 Å². The van der Waals surface area contributed by atoms with E-state index in [0.717, 1.165) is 24.9 Å². The minimum absolute atomic E-state index is 0.00391. The maximum absolute atomic E-state index is 13.7. The van der Waals surface area contributed by atoms with E-state index in [2.05, 4.69) is 18.3 Å². The first-order valence-corrected chi connectivity index (χ1v) is 6.87. The molecule has 1 fully saturated rings. The average Bonchev–Trinajstić information content (AvgIpc) is 2.64. The number of hydrogen-bond acceptors (Lipinski definition) is 2. The lowest BCUT2D eigenvalue weighted by Crippen LogP contribution is -2.45. The normalized spacial score (nSPS) is 33.0. The SMILES string of the molecule is CC1CNC2(CCc3c(F)cccc32)SC1. The van der Waals surface area contributed by atoms with Crippen LogP contribution >= 0.6 is 11.8 Å². The predicted octanol–water partition coefficient (Wildman–Crippen LogP) is 2.90. The van der Waals surface area contributed by atoms with Gasteiger partial charge in [0.25, 0.3) is 0 Å². The second kappa shape index (κ2) is 3.74. The van der Waals surface area contributed by atoms with Crippen molar-refractivity contribution in [3.63, 3.8) is 0 Å². The maximum Gasteiger partial charge on any atom is 0.126 e. The van der Waals surface area contributed by atoms with E-state index in [1.165, 1.54) is 11.3 Å². The molecule has 1 aromatic rings. The molecule has 1 heterocycles. The highest BCUT2D eigenvalue weighted by molar-refractivity contribution is 8.00. The third-order valence-corrected chi connectivity index (χ3v) is 5.43. The van der Waals surface area contributed by atoms with Crippen molar-refractivity contribution >= 4 is 11.8 Å². The van der Waals surface area contributed by atoms with Crippen LogP contribution in [0, 0.1) is 11.7 Å². The summed E-state index contributed by atoms with van der Waals surface area (Å²) in [5.74, 6) is 1.85. The van der Waals surface area contributed by atoms with Crippen molar-refractivity contribution in [2.75, 3.05) is 12.3 Å². The van der Waals surface area contributed by atoms with Crippen LogP contribution in [-0.2, 0) is 11.3 Å². The maximum atomic E-state index is 13.7. The number of thioether (sulfide) groups is 1. The fourth-order valence-corrected chi connectivity index (χ4v) is 4.16. The van der Waals surface area contributed by atoms with E-state index < -0.39 is 0 Å². The summed E-state index contributed by atoms with van der Waals surface area (Å²) in [6.45, 7) is 3.30. The van der Waals surface area contributed by atoms with Gasteiger partial charge >= 0.3 is 0 Å². The lowest BCUT2D eigenvalue weighted by molar-refractivity contribution is 0.416. The summed E-state index contributed by atoms with van der Waals surface area (Å²) in [5, 5.41) is 3.62. The predicted molar refractivity (Wildman–Crippen MR) is 66.0 cm³/mol. The third kappa shape index (κ3) is 1.49. The van der Waals surface area contributed by atoms with Gasteiger partial charge in [-0.15, -0.1) is 11.8 Å². The molecule has 1 aliphatic carbocycles. The van der Waals surface area contributed by atoms with Crippen LogP contribution < -0.4 is 5.32 Å². The molecule has 3 rings (SSSR count). The van der Waals surface area contributed by atoms with E-state index in [9.17, 15) is 4.39 Å². The summed E-state index contributed by atoms with van der Waals surface area (Å²) in [7, 11) is 0. The van der Waals surface area contributed by atoms with Gasteiger partial charge in [0.1, 0.15) is 5.82 Å². The molecular weight excluding hydrogens is 221 g/mol. The fraction of sp³-hybridized carbons (Fsp3) is 0.538. The standard InChI is InChI=1S/C13H16FNS/c1-9-7-15-13(16-8-9)6-5-10-11(13)3-2-4-12(10)14/h2-4,9,15H,5-8H2,1H3. The first kappa shape index (κ1) is 10.6. The Labute approximate surface area is 99.8 Å². The summed E-state index contributed by atoms with van der Waals surface area (Å²) < 4.78 is 13.7. The Morgan fingerprint density at radius 1 is 1.50 bits per heavy atom. The second-order valence-electron chi connectivity index (χ2n) is 4.89. The molecule has 0 aromatic heterocycles. The Morgan fingerprint density at radius 3 is 3.12 bits per heavy atom. The van der Waals surface area contributed by atoms with Crippen molar-refractivity contribution in [1.82, 2.24) is 5.32 Å². The molecule has 3 heteroatoms. The van der Waals surface area contributed by atoms with Gasteiger partial charge in [0.05, 0.1) is 4.87 Å². The minimum Gasteiger partial charge on any atom is -0.299 e. The molecular formula is C13H16FNS. The van der Waals surface area contributed by atoms with Gasteiger partial charge in [0.2, 0.25) is 0 Å². The Hall–Kier alpha value is -0.540. The summed E-state index contributed by atoms with van der Waals surface area (Å²) in [6.07, 6.45) is 1.90. The molecule has 1 aliphatic heterocycles. The molecule has 16 heavy (non-hydrogen) atoms. The molecule has 0 amide bonds. The highest BCUT2D eigenvalue weighted by Crippen LogP contribution is 2.48. The molecule has 1 aromatic carbocycles. The molecule has 2 atom stereocenters. The molecule has 1 nitrogen and oxygen atoms in total. The van der Waals surface area contributed by atoms with Crippen LogP contribution in [-0.4, -0.2) is 12.3 Å². The van der Waals surface area contributed by atoms with E-state index in [0.29, 0.717) is 5.92 Å². The van der Waals surface area contributed by atoms with E-state index >= 15 is 0 Å². The topological polar surface area (TPSA) is 12.0 Å². The number of rotatable bonds is 0. The van der Waals surface area contributed by atoms with Crippen molar-refractivity contribution in [3.8, 4) is 0 Å². The molecule has 0 bridgehead atoms. The van der Waals surface area contributed by atoms with Crippen molar-refractivity contribution in [2.24, 2.45) is 5.92 Å². The first-order chi connectivity index (χ1) is 7.71. The van der Waals surface area contributed by atoms with E-state index in [-0.39, 0.29) is 10.7 Å². The van der Waals surface area contributed by atoms with Crippen molar-refractivity contribution in [2.45, 2.75) is 24.6 Å². The Kier molecular flexibility index (Phi) is 2.48. The first-order valence-electron chi connectivity index (χ1n) is 5.88. The van der Waals surface area contributed by atoms with Crippen LogP contribution in [0.2, 0.25) is 0 Å². The van der Waals surface area contributed by atoms with Gasteiger partial charge in [0.15, 0.2) is 0 Å². The van der Waals surface area contributed by atoms with Gasteiger partial charge < -0.3 is 0 Å². The van der Waals surface area contributed by atoms with Gasteiger partial charge in [-0.2, -0.15) is 0 Å². The monoisotopic (exact) mass is 237 g/mol. The van der Waals surface area contributed by atoms with Crippen LogP contribution in [0.15, 0.2) is 18.2 Å².